The van der Waals surface area contributed by atoms with Crippen LogP contribution in [-0.2, 0) is 27.5 Å². The second-order valence-electron chi connectivity index (χ2n) is 3.78. The first-order valence-electron chi connectivity index (χ1n) is 4.77. The third kappa shape index (κ3) is 1.99. The summed E-state index contributed by atoms with van der Waals surface area (Å²) in [6.07, 6.45) is 0. The number of carbonyl (C=O) groups excluding carboxylic acids is 3. The molecule has 0 aliphatic carbocycles. The Labute approximate surface area is 97.1 Å². The Hall–Kier alpha value is -1.24. The van der Waals surface area contributed by atoms with Crippen LogP contribution in [0.3, 0.4) is 0 Å². The number of aryl methyl sites for hydroxylation is 3. The van der Waals surface area contributed by atoms with Gasteiger partial charge in [-0.05, 0) is 0 Å². The van der Waals surface area contributed by atoms with Crippen LogP contribution < -0.4 is 4.43 Å². The molecule has 1 aromatic rings. The molecule has 0 aromatic heterocycles. The van der Waals surface area contributed by atoms with Crippen molar-refractivity contribution in [1.29, 1.82) is 0 Å². The zero-order valence-corrected chi connectivity index (χ0v) is 10.8. The summed E-state index contributed by atoms with van der Waals surface area (Å²) in [5, 5.41) is 1.67. The number of benzene rings is 1. The average molecular weight is 258 g/mol. The minimum absolute atomic E-state index is 0.557. The second-order valence-corrected chi connectivity index (χ2v) is 7.70. The fourth-order valence-electron chi connectivity index (χ4n) is 1.94. The predicted molar refractivity (Wildman–Crippen MR) is 60.5 cm³/mol. The van der Waals surface area contributed by atoms with Crippen molar-refractivity contribution >= 4 is 19.9 Å². The van der Waals surface area contributed by atoms with E-state index in [1.165, 1.54) is 0 Å². The average Bonchev–Trinajstić information content (AvgIpc) is 2.23. The Bertz CT molecular complexity index is 407. The van der Waals surface area contributed by atoms with Crippen molar-refractivity contribution in [2.45, 2.75) is 20.8 Å². The molecule has 3 nitrogen and oxygen atoms in total. The van der Waals surface area contributed by atoms with E-state index in [9.17, 15) is 14.4 Å². The van der Waals surface area contributed by atoms with Gasteiger partial charge in [-0.1, -0.05) is 0 Å². The minimum atomic E-state index is -3.45. The predicted octanol–water partition coefficient (Wildman–Crippen LogP) is 0.962. The van der Waals surface area contributed by atoms with Crippen molar-refractivity contribution in [1.82, 2.24) is 0 Å². The van der Waals surface area contributed by atoms with Crippen LogP contribution >= 0.6 is 0 Å². The van der Waals surface area contributed by atoms with Crippen LogP contribution in [0.5, 0.6) is 0 Å². The molecule has 0 aliphatic heterocycles. The van der Waals surface area contributed by atoms with E-state index in [0.717, 1.165) is 16.7 Å². The molecular weight excluding hydrogens is 244 g/mol. The van der Waals surface area contributed by atoms with Crippen LogP contribution in [0, 0.1) is 20.8 Å². The van der Waals surface area contributed by atoms with E-state index in [2.05, 4.69) is 0 Å². The maximum atomic E-state index is 11.1. The first-order valence-corrected chi connectivity index (χ1v) is 7.62. The van der Waals surface area contributed by atoms with Gasteiger partial charge in [-0.25, -0.2) is 0 Å². The normalized spacial score (nSPS) is 11.9. The number of hydrogen-bond donors (Lipinski definition) is 0. The Morgan fingerprint density at radius 3 is 1.56 bits per heavy atom. The molecule has 16 heavy (non-hydrogen) atoms. The molecule has 86 valence electrons. The molecule has 0 aliphatic rings. The number of hydrogen-bond acceptors (Lipinski definition) is 3. The summed E-state index contributed by atoms with van der Waals surface area (Å²) in [5.74, 6) is 0. The summed E-state index contributed by atoms with van der Waals surface area (Å²) < 4.78 is 0.654. The van der Waals surface area contributed by atoms with Crippen molar-refractivity contribution in [2.75, 3.05) is 0 Å². The van der Waals surface area contributed by atoms with Gasteiger partial charge in [-0.15, -0.1) is 0 Å². The molecule has 1 aromatic carbocycles. The van der Waals surface area contributed by atoms with E-state index < -0.39 is 13.1 Å². The first-order chi connectivity index (χ1) is 7.50. The van der Waals surface area contributed by atoms with E-state index in [0.29, 0.717) is 19.9 Å². The van der Waals surface area contributed by atoms with Crippen molar-refractivity contribution in [2.24, 2.45) is 0 Å². The fraction of sp³-hybridized carbons (Fsp3) is 0.250. The Kier molecular flexibility index (Phi) is 3.80. The fourth-order valence-corrected chi connectivity index (χ4v) is 4.53. The maximum absolute atomic E-state index is 11.1. The number of rotatable bonds is 4. The molecule has 4 heteroatoms. The van der Waals surface area contributed by atoms with Gasteiger partial charge in [0.25, 0.3) is 0 Å². The van der Waals surface area contributed by atoms with Crippen LogP contribution in [0.25, 0.3) is 0 Å². The SMILES string of the molecule is Cc1cc(C)[c]([Cr]([CH]=O)([CH]=O)[CH]=O)c(C)c1. The van der Waals surface area contributed by atoms with Crippen LogP contribution in [0.4, 0.5) is 0 Å². The summed E-state index contributed by atoms with van der Waals surface area (Å²) in [6, 6.07) is 3.79. The molecule has 1 rings (SSSR count). The van der Waals surface area contributed by atoms with E-state index in [-0.39, 0.29) is 0 Å². The van der Waals surface area contributed by atoms with Crippen LogP contribution in [0.15, 0.2) is 12.1 Å². The molecular formula is C12H14CrO3. The van der Waals surface area contributed by atoms with Crippen molar-refractivity contribution in [3.8, 4) is 0 Å². The molecule has 0 radical (unpaired) electrons. The van der Waals surface area contributed by atoms with Gasteiger partial charge in [0.1, 0.15) is 0 Å². The van der Waals surface area contributed by atoms with Gasteiger partial charge in [-0.2, -0.15) is 0 Å². The van der Waals surface area contributed by atoms with Gasteiger partial charge in [0.2, 0.25) is 0 Å². The van der Waals surface area contributed by atoms with E-state index in [4.69, 9.17) is 0 Å². The van der Waals surface area contributed by atoms with Gasteiger partial charge in [0.05, 0.1) is 0 Å². The quantitative estimate of drug-likeness (QED) is 0.756. The van der Waals surface area contributed by atoms with E-state index in [1.807, 2.05) is 32.9 Å². The molecule has 0 amide bonds. The topological polar surface area (TPSA) is 51.2 Å². The van der Waals surface area contributed by atoms with Gasteiger partial charge in [0.15, 0.2) is 0 Å². The molecule has 0 saturated heterocycles. The van der Waals surface area contributed by atoms with E-state index in [1.54, 1.807) is 0 Å². The van der Waals surface area contributed by atoms with Gasteiger partial charge >= 0.3 is 96.9 Å². The third-order valence-corrected chi connectivity index (χ3v) is 6.04. The van der Waals surface area contributed by atoms with Crippen LogP contribution in [-0.4, -0.2) is 15.4 Å². The summed E-state index contributed by atoms with van der Waals surface area (Å²) in [6.45, 7) is 5.60. The standard InChI is InChI=1S/C9H11.3CHO.Cr/c1-7-4-8(2)6-9(3)5-7;3*1-2;/h4-5H,1-3H3;3*1H;. The van der Waals surface area contributed by atoms with Gasteiger partial charge in [0, 0.05) is 0 Å². The first kappa shape index (κ1) is 12.8. The molecule has 0 spiro atoms. The second kappa shape index (κ2) is 4.73. The van der Waals surface area contributed by atoms with Gasteiger partial charge < -0.3 is 0 Å². The Balaban J connectivity index is 3.59. The summed E-state index contributed by atoms with van der Waals surface area (Å²) in [5.41, 5.74) is 2.76. The van der Waals surface area contributed by atoms with Crippen molar-refractivity contribution in [3.05, 3.63) is 28.8 Å². The third-order valence-electron chi connectivity index (χ3n) is 2.44. The molecule has 0 unspecified atom stereocenters. The zero-order valence-electron chi connectivity index (χ0n) is 9.52. The molecule has 0 N–H and O–H groups in total. The number of carbonyl (C=O) groups is 3. The molecule has 0 saturated carbocycles. The van der Waals surface area contributed by atoms with Crippen LogP contribution in [0.1, 0.15) is 16.7 Å². The molecule has 0 heterocycles. The van der Waals surface area contributed by atoms with Gasteiger partial charge in [-0.3, -0.25) is 0 Å². The van der Waals surface area contributed by atoms with Crippen molar-refractivity contribution in [3.63, 3.8) is 0 Å². The van der Waals surface area contributed by atoms with E-state index >= 15 is 0 Å². The molecule has 0 fully saturated rings. The Morgan fingerprint density at radius 2 is 1.25 bits per heavy atom. The zero-order chi connectivity index (χ0) is 12.3. The monoisotopic (exact) mass is 258 g/mol. The molecule has 0 bridgehead atoms. The summed E-state index contributed by atoms with van der Waals surface area (Å²) in [4.78, 5) is 33.3. The summed E-state index contributed by atoms with van der Waals surface area (Å²) >= 11 is -3.45. The van der Waals surface area contributed by atoms with Crippen molar-refractivity contribution < 1.29 is 27.5 Å². The van der Waals surface area contributed by atoms with Crippen LogP contribution in [0.2, 0.25) is 0 Å². The summed E-state index contributed by atoms with van der Waals surface area (Å²) in [7, 11) is 0. The Morgan fingerprint density at radius 1 is 0.875 bits per heavy atom. The molecule has 0 atom stereocenters.